The fourth-order valence-corrected chi connectivity index (χ4v) is 3.40. The second-order valence-electron chi connectivity index (χ2n) is 5.99. The van der Waals surface area contributed by atoms with Gasteiger partial charge in [0.1, 0.15) is 11.6 Å². The van der Waals surface area contributed by atoms with Gasteiger partial charge < -0.3 is 15.0 Å². The first kappa shape index (κ1) is 17.2. The number of amidine groups is 1. The van der Waals surface area contributed by atoms with Crippen molar-refractivity contribution in [3.63, 3.8) is 0 Å². The third-order valence-electron chi connectivity index (χ3n) is 3.57. The van der Waals surface area contributed by atoms with Crippen molar-refractivity contribution in [1.29, 1.82) is 0 Å². The van der Waals surface area contributed by atoms with E-state index in [1.165, 1.54) is 6.08 Å². The van der Waals surface area contributed by atoms with Crippen LogP contribution in [-0.4, -0.2) is 43.5 Å². The van der Waals surface area contributed by atoms with Crippen molar-refractivity contribution in [2.24, 2.45) is 4.40 Å². The number of rotatable bonds is 4. The molecule has 2 heterocycles. The molecule has 7 nitrogen and oxygen atoms in total. The third kappa shape index (κ3) is 4.27. The van der Waals surface area contributed by atoms with Crippen LogP contribution in [0, 0.1) is 0 Å². The summed E-state index contributed by atoms with van der Waals surface area (Å²) >= 11 is 0. The maximum Gasteiger partial charge on any atom is 0.257 e. The van der Waals surface area contributed by atoms with E-state index in [9.17, 15) is 13.2 Å². The summed E-state index contributed by atoms with van der Waals surface area (Å²) in [5.74, 6) is 0.729. The maximum absolute atomic E-state index is 12.4. The number of nitrogens with one attached hydrogen (secondary N) is 1. The number of benzene rings is 1. The summed E-state index contributed by atoms with van der Waals surface area (Å²) < 4.78 is 32.2. The van der Waals surface area contributed by atoms with Gasteiger partial charge in [-0.2, -0.15) is 0 Å². The van der Waals surface area contributed by atoms with Crippen molar-refractivity contribution in [3.05, 3.63) is 48.2 Å². The Morgan fingerprint density at radius 1 is 1.24 bits per heavy atom. The van der Waals surface area contributed by atoms with Gasteiger partial charge in [0.15, 0.2) is 0 Å². The van der Waals surface area contributed by atoms with Gasteiger partial charge in [-0.25, -0.2) is 8.42 Å². The number of fused-ring (bicyclic) bond motifs is 1. The number of amides is 1. The monoisotopic (exact) mass is 361 g/mol. The Morgan fingerprint density at radius 3 is 2.64 bits per heavy atom. The molecule has 0 aliphatic carbocycles. The fourth-order valence-electron chi connectivity index (χ4n) is 2.43. The second-order valence-corrected chi connectivity index (χ2v) is 7.75. The van der Waals surface area contributed by atoms with Crippen LogP contribution in [0.3, 0.4) is 0 Å². The van der Waals surface area contributed by atoms with Crippen LogP contribution in [0.4, 0.5) is 5.69 Å². The molecule has 2 aliphatic heterocycles. The molecule has 0 aromatic heterocycles. The number of nitrogens with zero attached hydrogens (tertiary/aromatic N) is 2. The Balaban J connectivity index is 1.68. The average Bonchev–Trinajstić information content (AvgIpc) is 2.55. The van der Waals surface area contributed by atoms with Crippen LogP contribution in [0.2, 0.25) is 0 Å². The summed E-state index contributed by atoms with van der Waals surface area (Å²) in [6, 6.07) is 7.12. The minimum atomic E-state index is -3.40. The number of carbonyl (C=O) groups excluding carboxylic acids is 1. The SMILES string of the molecule is CC(C)Oc1ccc(NC(=O)C2=CN3CCS(=O)(=O)N=C3C=C2)cc1. The topological polar surface area (TPSA) is 88.1 Å². The summed E-state index contributed by atoms with van der Waals surface area (Å²) in [4.78, 5) is 14.0. The Bertz CT molecular complexity index is 868. The zero-order valence-electron chi connectivity index (χ0n) is 14.0. The number of sulfonamides is 1. The minimum Gasteiger partial charge on any atom is -0.491 e. The molecule has 1 N–H and O–H groups in total. The van der Waals surface area contributed by atoms with E-state index in [1.807, 2.05) is 13.8 Å². The highest BCUT2D eigenvalue weighted by Gasteiger charge is 2.24. The van der Waals surface area contributed by atoms with Gasteiger partial charge in [-0.05, 0) is 50.3 Å². The Morgan fingerprint density at radius 2 is 1.96 bits per heavy atom. The summed E-state index contributed by atoms with van der Waals surface area (Å²) in [5.41, 5.74) is 1.08. The molecule has 0 atom stereocenters. The van der Waals surface area contributed by atoms with Crippen LogP contribution in [0.5, 0.6) is 5.75 Å². The molecule has 0 bridgehead atoms. The van der Waals surface area contributed by atoms with Gasteiger partial charge in [-0.3, -0.25) is 4.79 Å². The zero-order valence-corrected chi connectivity index (χ0v) is 14.8. The lowest BCUT2D eigenvalue weighted by Gasteiger charge is -2.26. The molecule has 0 spiro atoms. The first-order valence-electron chi connectivity index (χ1n) is 7.90. The fraction of sp³-hybridized carbons (Fsp3) is 0.294. The first-order chi connectivity index (χ1) is 11.8. The number of hydrogen-bond donors (Lipinski definition) is 1. The van der Waals surface area contributed by atoms with Crippen molar-refractivity contribution in [2.75, 3.05) is 17.6 Å². The number of hydrogen-bond acceptors (Lipinski definition) is 5. The van der Waals surface area contributed by atoms with Crippen LogP contribution in [0.15, 0.2) is 52.6 Å². The number of carbonyl (C=O) groups is 1. The molecule has 8 heteroatoms. The van der Waals surface area contributed by atoms with E-state index in [0.29, 0.717) is 17.1 Å². The van der Waals surface area contributed by atoms with Crippen LogP contribution < -0.4 is 10.1 Å². The van der Waals surface area contributed by atoms with E-state index in [4.69, 9.17) is 4.74 Å². The third-order valence-corrected chi connectivity index (χ3v) is 4.73. The molecule has 0 saturated heterocycles. The van der Waals surface area contributed by atoms with Crippen molar-refractivity contribution in [3.8, 4) is 5.75 Å². The molecule has 25 heavy (non-hydrogen) atoms. The van der Waals surface area contributed by atoms with E-state index in [2.05, 4.69) is 9.71 Å². The molecule has 3 rings (SSSR count). The van der Waals surface area contributed by atoms with Gasteiger partial charge in [0.05, 0.1) is 17.4 Å². The van der Waals surface area contributed by atoms with Crippen molar-refractivity contribution >= 4 is 27.5 Å². The van der Waals surface area contributed by atoms with E-state index < -0.39 is 10.0 Å². The average molecular weight is 361 g/mol. The van der Waals surface area contributed by atoms with Crippen molar-refractivity contribution in [1.82, 2.24) is 4.90 Å². The normalized spacial score (nSPS) is 18.3. The smallest absolute Gasteiger partial charge is 0.257 e. The van der Waals surface area contributed by atoms with Crippen molar-refractivity contribution in [2.45, 2.75) is 20.0 Å². The summed E-state index contributed by atoms with van der Waals surface area (Å²) in [6.45, 7) is 4.17. The minimum absolute atomic E-state index is 0.0624. The highest BCUT2D eigenvalue weighted by atomic mass is 32.2. The molecular weight excluding hydrogens is 342 g/mol. The molecule has 0 unspecified atom stereocenters. The standard InChI is InChI=1S/C17H19N3O4S/c1-12(2)24-15-6-4-14(5-7-15)18-17(21)13-3-8-16-19-25(22,23)10-9-20(16)11-13/h3-8,11-12H,9-10H2,1-2H3,(H,18,21). The van der Waals surface area contributed by atoms with Gasteiger partial charge in [0, 0.05) is 18.4 Å². The predicted octanol–water partition coefficient (Wildman–Crippen LogP) is 1.91. The van der Waals surface area contributed by atoms with E-state index in [-0.39, 0.29) is 24.3 Å². The number of ether oxygens (including phenoxy) is 1. The number of anilines is 1. The maximum atomic E-state index is 12.4. The predicted molar refractivity (Wildman–Crippen MR) is 96.0 cm³/mol. The molecule has 132 valence electrons. The van der Waals surface area contributed by atoms with Gasteiger partial charge in [0.2, 0.25) is 0 Å². The molecule has 0 fully saturated rings. The quantitative estimate of drug-likeness (QED) is 0.885. The van der Waals surface area contributed by atoms with Crippen LogP contribution in [0.25, 0.3) is 0 Å². The molecule has 2 aliphatic rings. The lowest BCUT2D eigenvalue weighted by Crippen LogP contribution is -2.37. The highest BCUT2D eigenvalue weighted by molar-refractivity contribution is 7.90. The Labute approximate surface area is 146 Å². The lowest BCUT2D eigenvalue weighted by atomic mass is 10.1. The first-order valence-corrected chi connectivity index (χ1v) is 9.50. The van der Waals surface area contributed by atoms with Crippen molar-refractivity contribution < 1.29 is 17.9 Å². The highest BCUT2D eigenvalue weighted by Crippen LogP contribution is 2.20. The zero-order chi connectivity index (χ0) is 18.0. The van der Waals surface area contributed by atoms with E-state index >= 15 is 0 Å². The molecule has 1 aromatic carbocycles. The second kappa shape index (κ2) is 6.72. The molecule has 1 aromatic rings. The largest absolute Gasteiger partial charge is 0.491 e. The summed E-state index contributed by atoms with van der Waals surface area (Å²) in [6.07, 6.45) is 4.79. The van der Waals surface area contributed by atoms with Crippen LogP contribution >= 0.6 is 0 Å². The van der Waals surface area contributed by atoms with Gasteiger partial charge >= 0.3 is 0 Å². The Hall–Kier alpha value is -2.61. The van der Waals surface area contributed by atoms with Gasteiger partial charge in [-0.15, -0.1) is 4.40 Å². The van der Waals surface area contributed by atoms with Crippen LogP contribution in [0.1, 0.15) is 13.8 Å². The van der Waals surface area contributed by atoms with E-state index in [0.717, 1.165) is 5.75 Å². The van der Waals surface area contributed by atoms with E-state index in [1.54, 1.807) is 41.4 Å². The molecule has 0 radical (unpaired) electrons. The molecule has 0 saturated carbocycles. The summed E-state index contributed by atoms with van der Waals surface area (Å²) in [5, 5.41) is 2.81. The van der Waals surface area contributed by atoms with Crippen LogP contribution in [-0.2, 0) is 14.8 Å². The Kier molecular flexibility index (Phi) is 4.63. The summed E-state index contributed by atoms with van der Waals surface area (Å²) in [7, 11) is -3.40. The molecular formula is C17H19N3O4S. The van der Waals surface area contributed by atoms with Gasteiger partial charge in [0.25, 0.3) is 15.9 Å². The molecule has 1 amide bonds. The lowest BCUT2D eigenvalue weighted by molar-refractivity contribution is -0.112. The van der Waals surface area contributed by atoms with Gasteiger partial charge in [-0.1, -0.05) is 0 Å².